The van der Waals surface area contributed by atoms with E-state index in [-0.39, 0.29) is 5.91 Å². The van der Waals surface area contributed by atoms with Crippen LogP contribution in [0.25, 0.3) is 0 Å². The predicted molar refractivity (Wildman–Crippen MR) is 86.4 cm³/mol. The summed E-state index contributed by atoms with van der Waals surface area (Å²) in [5.41, 5.74) is 5.95. The van der Waals surface area contributed by atoms with Crippen LogP contribution in [0, 0.1) is 5.92 Å². The first kappa shape index (κ1) is 16.9. The van der Waals surface area contributed by atoms with E-state index in [1.54, 1.807) is 6.20 Å². The monoisotopic (exact) mass is 305 g/mol. The molecule has 5 nitrogen and oxygen atoms in total. The maximum absolute atomic E-state index is 12.4. The number of pyridine rings is 1. The van der Waals surface area contributed by atoms with Gasteiger partial charge in [-0.3, -0.25) is 14.7 Å². The van der Waals surface area contributed by atoms with E-state index in [0.29, 0.717) is 12.3 Å². The molecule has 1 fully saturated rings. The summed E-state index contributed by atoms with van der Waals surface area (Å²) >= 11 is 0. The summed E-state index contributed by atoms with van der Waals surface area (Å²) in [5, 5.41) is 0. The van der Waals surface area contributed by atoms with Crippen molar-refractivity contribution in [3.05, 3.63) is 30.1 Å². The lowest BCUT2D eigenvalue weighted by molar-refractivity contribution is -0.125. The lowest BCUT2D eigenvalue weighted by Gasteiger charge is -2.35. The van der Waals surface area contributed by atoms with Crippen LogP contribution < -0.4 is 5.73 Å². The van der Waals surface area contributed by atoms with Gasteiger partial charge < -0.3 is 10.5 Å². The predicted octanol–water partition coefficient (Wildman–Crippen LogP) is 1.57. The number of rotatable bonds is 7. The van der Waals surface area contributed by atoms with Crippen LogP contribution in [0.4, 0.5) is 0 Å². The average molecular weight is 305 g/mol. The fraction of sp³-hybridized carbons (Fsp3) is 0.647. The van der Waals surface area contributed by atoms with Gasteiger partial charge >= 0.3 is 0 Å². The van der Waals surface area contributed by atoms with Crippen molar-refractivity contribution in [2.24, 2.45) is 11.7 Å². The minimum absolute atomic E-state index is 0.270. The molecule has 0 aromatic carbocycles. The van der Waals surface area contributed by atoms with Crippen molar-refractivity contribution < 1.29 is 9.53 Å². The van der Waals surface area contributed by atoms with E-state index >= 15 is 0 Å². The number of primary amides is 1. The zero-order valence-corrected chi connectivity index (χ0v) is 13.6. The molecule has 1 atom stereocenters. The molecular formula is C17H27N3O2. The lowest BCUT2D eigenvalue weighted by atomic mass is 9.73. The summed E-state index contributed by atoms with van der Waals surface area (Å²) in [7, 11) is 0. The highest BCUT2D eigenvalue weighted by atomic mass is 16.5. The van der Waals surface area contributed by atoms with E-state index in [1.807, 2.05) is 18.2 Å². The number of ether oxygens (including phenoxy) is 1. The van der Waals surface area contributed by atoms with E-state index in [1.165, 1.54) is 0 Å². The molecule has 22 heavy (non-hydrogen) atoms. The van der Waals surface area contributed by atoms with Gasteiger partial charge in [-0.05, 0) is 37.4 Å². The summed E-state index contributed by atoms with van der Waals surface area (Å²) in [6.45, 7) is 8.44. The van der Waals surface area contributed by atoms with Crippen molar-refractivity contribution in [1.82, 2.24) is 9.88 Å². The van der Waals surface area contributed by atoms with Crippen LogP contribution in [-0.4, -0.2) is 48.6 Å². The Kier molecular flexibility index (Phi) is 5.91. The molecule has 2 N–H and O–H groups in total. The van der Waals surface area contributed by atoms with Gasteiger partial charge in [0, 0.05) is 19.3 Å². The zero-order valence-electron chi connectivity index (χ0n) is 13.6. The third-order valence-electron chi connectivity index (χ3n) is 4.34. The molecular weight excluding hydrogens is 278 g/mol. The second-order valence-corrected chi connectivity index (χ2v) is 6.46. The Balaban J connectivity index is 2.21. The first-order chi connectivity index (χ1) is 10.5. The summed E-state index contributed by atoms with van der Waals surface area (Å²) in [5.74, 6) is 0.104. The summed E-state index contributed by atoms with van der Waals surface area (Å²) in [6, 6.07) is 5.72. The molecule has 0 bridgehead atoms. The van der Waals surface area contributed by atoms with Gasteiger partial charge in [-0.15, -0.1) is 0 Å². The Hall–Kier alpha value is -1.46. The molecule has 0 aliphatic carbocycles. The van der Waals surface area contributed by atoms with E-state index in [4.69, 9.17) is 10.5 Å². The molecule has 0 spiro atoms. The Bertz CT molecular complexity index is 472. The molecule has 2 rings (SSSR count). The van der Waals surface area contributed by atoms with Crippen LogP contribution >= 0.6 is 0 Å². The normalized spacial score (nSPS) is 19.0. The molecule has 2 heterocycles. The number of carbonyl (C=O) groups is 1. The van der Waals surface area contributed by atoms with Crippen molar-refractivity contribution in [1.29, 1.82) is 0 Å². The fourth-order valence-electron chi connectivity index (χ4n) is 3.20. The third kappa shape index (κ3) is 4.05. The molecule has 0 saturated carbocycles. The quantitative estimate of drug-likeness (QED) is 0.830. The maximum Gasteiger partial charge on any atom is 0.229 e. The average Bonchev–Trinajstić information content (AvgIpc) is 2.52. The molecule has 1 aromatic heterocycles. The molecule has 0 radical (unpaired) electrons. The molecule has 1 amide bonds. The maximum atomic E-state index is 12.4. The number of amides is 1. The SMILES string of the molecule is CC(C)CC(CCN1CCOCC1)(C(N)=O)c1ccccn1. The van der Waals surface area contributed by atoms with Crippen LogP contribution in [0.5, 0.6) is 0 Å². The van der Waals surface area contributed by atoms with Crippen LogP contribution in [0.15, 0.2) is 24.4 Å². The number of nitrogens with zero attached hydrogens (tertiary/aromatic N) is 2. The Morgan fingerprint density at radius 3 is 2.68 bits per heavy atom. The highest BCUT2D eigenvalue weighted by Gasteiger charge is 2.40. The first-order valence-electron chi connectivity index (χ1n) is 8.06. The van der Waals surface area contributed by atoms with Crippen molar-refractivity contribution in [2.45, 2.75) is 32.1 Å². The Morgan fingerprint density at radius 2 is 2.14 bits per heavy atom. The van der Waals surface area contributed by atoms with Crippen LogP contribution in [0.1, 0.15) is 32.4 Å². The molecule has 5 heteroatoms. The highest BCUT2D eigenvalue weighted by molar-refractivity contribution is 5.86. The second kappa shape index (κ2) is 7.70. The topological polar surface area (TPSA) is 68.5 Å². The molecule has 122 valence electrons. The molecule has 1 aliphatic rings. The smallest absolute Gasteiger partial charge is 0.229 e. The van der Waals surface area contributed by atoms with Gasteiger partial charge in [0.05, 0.1) is 24.3 Å². The Labute approximate surface area is 132 Å². The van der Waals surface area contributed by atoms with Crippen LogP contribution in [0.3, 0.4) is 0 Å². The van der Waals surface area contributed by atoms with E-state index in [2.05, 4.69) is 23.7 Å². The second-order valence-electron chi connectivity index (χ2n) is 6.46. The summed E-state index contributed by atoms with van der Waals surface area (Å²) < 4.78 is 5.38. The van der Waals surface area contributed by atoms with Gasteiger partial charge in [-0.1, -0.05) is 19.9 Å². The van der Waals surface area contributed by atoms with E-state index in [0.717, 1.165) is 45.0 Å². The minimum atomic E-state index is -0.687. The van der Waals surface area contributed by atoms with Crippen LogP contribution in [0.2, 0.25) is 0 Å². The van der Waals surface area contributed by atoms with Gasteiger partial charge in [0.1, 0.15) is 0 Å². The van der Waals surface area contributed by atoms with Gasteiger partial charge in [0.2, 0.25) is 5.91 Å². The zero-order chi connectivity index (χ0) is 16.0. The molecule has 1 aliphatic heterocycles. The number of hydrogen-bond acceptors (Lipinski definition) is 4. The standard InChI is InChI=1S/C17H27N3O2/c1-14(2)13-17(16(18)21,15-5-3-4-7-19-15)6-8-20-9-11-22-12-10-20/h3-5,7,14H,6,8-13H2,1-2H3,(H2,18,21). The minimum Gasteiger partial charge on any atom is -0.379 e. The van der Waals surface area contributed by atoms with Gasteiger partial charge in [0.25, 0.3) is 0 Å². The largest absolute Gasteiger partial charge is 0.379 e. The van der Waals surface area contributed by atoms with Gasteiger partial charge in [-0.2, -0.15) is 0 Å². The number of carbonyl (C=O) groups excluding carboxylic acids is 1. The molecule has 1 aromatic rings. The number of morpholine rings is 1. The fourth-order valence-corrected chi connectivity index (χ4v) is 3.20. The highest BCUT2D eigenvalue weighted by Crippen LogP contribution is 2.34. The van der Waals surface area contributed by atoms with Crippen molar-refractivity contribution in [3.63, 3.8) is 0 Å². The summed E-state index contributed by atoms with van der Waals surface area (Å²) in [4.78, 5) is 19.2. The number of nitrogens with two attached hydrogens (primary N) is 1. The third-order valence-corrected chi connectivity index (χ3v) is 4.34. The van der Waals surface area contributed by atoms with Gasteiger partial charge in [0.15, 0.2) is 0 Å². The lowest BCUT2D eigenvalue weighted by Crippen LogP contribution is -2.47. The van der Waals surface area contributed by atoms with Crippen molar-refractivity contribution in [3.8, 4) is 0 Å². The number of hydrogen-bond donors (Lipinski definition) is 1. The van der Waals surface area contributed by atoms with E-state index < -0.39 is 5.41 Å². The van der Waals surface area contributed by atoms with Gasteiger partial charge in [-0.25, -0.2) is 0 Å². The Morgan fingerprint density at radius 1 is 1.41 bits per heavy atom. The van der Waals surface area contributed by atoms with Crippen molar-refractivity contribution >= 4 is 5.91 Å². The summed E-state index contributed by atoms with van der Waals surface area (Å²) in [6.07, 6.45) is 3.17. The number of aromatic nitrogens is 1. The van der Waals surface area contributed by atoms with E-state index in [9.17, 15) is 4.79 Å². The van der Waals surface area contributed by atoms with Crippen molar-refractivity contribution in [2.75, 3.05) is 32.8 Å². The first-order valence-corrected chi connectivity index (χ1v) is 8.06. The molecule has 1 unspecified atom stereocenters. The molecule has 1 saturated heterocycles. The van der Waals surface area contributed by atoms with Crippen LogP contribution in [-0.2, 0) is 14.9 Å².